The van der Waals surface area contributed by atoms with E-state index in [9.17, 15) is 14.0 Å². The second kappa shape index (κ2) is 7.95. The first-order chi connectivity index (χ1) is 12.0. The first-order valence-corrected chi connectivity index (χ1v) is 9.07. The summed E-state index contributed by atoms with van der Waals surface area (Å²) >= 11 is 0. The van der Waals surface area contributed by atoms with E-state index in [4.69, 9.17) is 5.73 Å². The molecular weight excluding hydrogens is 321 g/mol. The number of carbonyl (C=O) groups excluding carboxylic acids is 2. The highest BCUT2D eigenvalue weighted by Gasteiger charge is 2.39. The van der Waals surface area contributed by atoms with Crippen molar-refractivity contribution in [3.8, 4) is 0 Å². The van der Waals surface area contributed by atoms with E-state index in [1.165, 1.54) is 18.6 Å². The molecule has 0 aromatic heterocycles. The fraction of sp³-hybridized carbons (Fsp3) is 0.579. The molecular formula is C19H26FN3O2. The topological polar surface area (TPSA) is 84.2 Å². The molecule has 0 aliphatic heterocycles. The van der Waals surface area contributed by atoms with E-state index in [1.807, 2.05) is 0 Å². The molecule has 2 amide bonds. The van der Waals surface area contributed by atoms with Crippen LogP contribution in [0.5, 0.6) is 0 Å². The van der Waals surface area contributed by atoms with Gasteiger partial charge < -0.3 is 16.4 Å². The molecule has 5 nitrogen and oxygen atoms in total. The first kappa shape index (κ1) is 17.9. The summed E-state index contributed by atoms with van der Waals surface area (Å²) in [7, 11) is 0. The Balaban J connectivity index is 1.45. The lowest BCUT2D eigenvalue weighted by atomic mass is 9.67. The standard InChI is InChI=1S/C19H26FN3O2/c20-15-6-1-3-12(7-15)8-17(24)22-11-18(25)23-19-13-4-2-5-14(19)10-16(21)9-13/h1,3,6-7,13-14,16,19H,2,4-5,8-11,21H2,(H,22,24)(H,23,25). The fourth-order valence-electron chi connectivity index (χ4n) is 4.34. The fourth-order valence-corrected chi connectivity index (χ4v) is 4.34. The van der Waals surface area contributed by atoms with E-state index in [2.05, 4.69) is 10.6 Å². The van der Waals surface area contributed by atoms with Crippen LogP contribution in [0.4, 0.5) is 4.39 Å². The summed E-state index contributed by atoms with van der Waals surface area (Å²) in [5, 5.41) is 5.72. The minimum Gasteiger partial charge on any atom is -0.351 e. The van der Waals surface area contributed by atoms with Crippen molar-refractivity contribution in [3.05, 3.63) is 35.6 Å². The minimum atomic E-state index is -0.370. The molecule has 1 aromatic carbocycles. The number of hydrogen-bond acceptors (Lipinski definition) is 3. The third kappa shape index (κ3) is 4.78. The van der Waals surface area contributed by atoms with E-state index < -0.39 is 0 Å². The predicted octanol–water partition coefficient (Wildman–Crippen LogP) is 1.51. The van der Waals surface area contributed by atoms with E-state index in [1.54, 1.807) is 12.1 Å². The number of amides is 2. The first-order valence-electron chi connectivity index (χ1n) is 9.07. The average molecular weight is 347 g/mol. The maximum absolute atomic E-state index is 13.1. The number of halogens is 1. The Labute approximate surface area is 147 Å². The number of rotatable bonds is 5. The normalized spacial score (nSPS) is 28.2. The van der Waals surface area contributed by atoms with Crippen LogP contribution in [0.15, 0.2) is 24.3 Å². The van der Waals surface area contributed by atoms with Crippen molar-refractivity contribution in [2.75, 3.05) is 6.54 Å². The molecule has 3 rings (SSSR count). The smallest absolute Gasteiger partial charge is 0.239 e. The maximum Gasteiger partial charge on any atom is 0.239 e. The summed E-state index contributed by atoms with van der Waals surface area (Å²) < 4.78 is 13.1. The van der Waals surface area contributed by atoms with Crippen molar-refractivity contribution in [1.82, 2.24) is 10.6 Å². The molecule has 2 saturated carbocycles. The average Bonchev–Trinajstić information content (AvgIpc) is 2.54. The van der Waals surface area contributed by atoms with Crippen LogP contribution in [0.2, 0.25) is 0 Å². The summed E-state index contributed by atoms with van der Waals surface area (Å²) in [4.78, 5) is 24.1. The van der Waals surface area contributed by atoms with Gasteiger partial charge in [-0.25, -0.2) is 4.39 Å². The van der Waals surface area contributed by atoms with Crippen molar-refractivity contribution in [3.63, 3.8) is 0 Å². The second-order valence-corrected chi connectivity index (χ2v) is 7.36. The Morgan fingerprint density at radius 2 is 1.88 bits per heavy atom. The molecule has 2 bridgehead atoms. The van der Waals surface area contributed by atoms with Crippen LogP contribution in [0.1, 0.15) is 37.7 Å². The van der Waals surface area contributed by atoms with Gasteiger partial charge in [0.05, 0.1) is 13.0 Å². The monoisotopic (exact) mass is 347 g/mol. The summed E-state index contributed by atoms with van der Waals surface area (Å²) in [6.45, 7) is -0.0455. The Hall–Kier alpha value is -1.95. The van der Waals surface area contributed by atoms with E-state index >= 15 is 0 Å². The number of carbonyl (C=O) groups is 2. The van der Waals surface area contributed by atoms with Gasteiger partial charge in [-0.15, -0.1) is 0 Å². The third-order valence-electron chi connectivity index (χ3n) is 5.40. The quantitative estimate of drug-likeness (QED) is 0.755. The number of hydrogen-bond donors (Lipinski definition) is 3. The predicted molar refractivity (Wildman–Crippen MR) is 93.1 cm³/mol. The molecule has 0 saturated heterocycles. The highest BCUT2D eigenvalue weighted by molar-refractivity contribution is 5.85. The maximum atomic E-state index is 13.1. The van der Waals surface area contributed by atoms with Crippen molar-refractivity contribution in [2.24, 2.45) is 17.6 Å². The lowest BCUT2D eigenvalue weighted by Gasteiger charge is -2.45. The van der Waals surface area contributed by atoms with Crippen LogP contribution in [0.3, 0.4) is 0 Å². The molecule has 25 heavy (non-hydrogen) atoms. The van der Waals surface area contributed by atoms with Crippen LogP contribution in [-0.2, 0) is 16.0 Å². The Bertz CT molecular complexity index is 623. The van der Waals surface area contributed by atoms with E-state index in [-0.39, 0.29) is 42.7 Å². The van der Waals surface area contributed by atoms with Gasteiger partial charge in [-0.1, -0.05) is 18.6 Å². The third-order valence-corrected chi connectivity index (χ3v) is 5.40. The van der Waals surface area contributed by atoms with Gasteiger partial charge in [0, 0.05) is 12.1 Å². The molecule has 6 heteroatoms. The molecule has 2 fully saturated rings. The van der Waals surface area contributed by atoms with Gasteiger partial charge in [0.2, 0.25) is 11.8 Å². The number of nitrogens with one attached hydrogen (secondary N) is 2. The Kier molecular flexibility index (Phi) is 5.68. The zero-order valence-corrected chi connectivity index (χ0v) is 14.3. The molecule has 0 radical (unpaired) electrons. The lowest BCUT2D eigenvalue weighted by molar-refractivity contribution is -0.127. The SMILES string of the molecule is NC1CC2CCCC(C1)C2NC(=O)CNC(=O)Cc1cccc(F)c1. The zero-order chi connectivity index (χ0) is 17.8. The highest BCUT2D eigenvalue weighted by atomic mass is 19.1. The van der Waals surface area contributed by atoms with E-state index in [0.717, 1.165) is 25.7 Å². The van der Waals surface area contributed by atoms with Crippen LogP contribution in [0.25, 0.3) is 0 Å². The van der Waals surface area contributed by atoms with Gasteiger partial charge in [-0.3, -0.25) is 9.59 Å². The zero-order valence-electron chi connectivity index (χ0n) is 14.3. The van der Waals surface area contributed by atoms with Crippen LogP contribution >= 0.6 is 0 Å². The van der Waals surface area contributed by atoms with E-state index in [0.29, 0.717) is 17.4 Å². The molecule has 0 heterocycles. The van der Waals surface area contributed by atoms with Gasteiger partial charge >= 0.3 is 0 Å². The number of fused-ring (bicyclic) bond motifs is 2. The molecule has 2 aliphatic rings. The number of benzene rings is 1. The molecule has 2 aliphatic carbocycles. The van der Waals surface area contributed by atoms with Crippen LogP contribution in [-0.4, -0.2) is 30.4 Å². The van der Waals surface area contributed by atoms with Crippen molar-refractivity contribution >= 4 is 11.8 Å². The molecule has 2 unspecified atom stereocenters. The van der Waals surface area contributed by atoms with Crippen LogP contribution in [0, 0.1) is 17.7 Å². The summed E-state index contributed by atoms with van der Waals surface area (Å²) in [6.07, 6.45) is 5.43. The Morgan fingerprint density at radius 3 is 2.56 bits per heavy atom. The lowest BCUT2D eigenvalue weighted by Crippen LogP contribution is -2.55. The second-order valence-electron chi connectivity index (χ2n) is 7.36. The van der Waals surface area contributed by atoms with Crippen molar-refractivity contribution in [1.29, 1.82) is 0 Å². The van der Waals surface area contributed by atoms with Gasteiger partial charge in [-0.05, 0) is 55.2 Å². The van der Waals surface area contributed by atoms with Gasteiger partial charge in [0.1, 0.15) is 5.82 Å². The van der Waals surface area contributed by atoms with Crippen molar-refractivity contribution < 1.29 is 14.0 Å². The molecule has 2 atom stereocenters. The number of nitrogens with two attached hydrogens (primary N) is 1. The van der Waals surface area contributed by atoms with Gasteiger partial charge in [0.25, 0.3) is 0 Å². The largest absolute Gasteiger partial charge is 0.351 e. The van der Waals surface area contributed by atoms with Crippen molar-refractivity contribution in [2.45, 2.75) is 50.6 Å². The highest BCUT2D eigenvalue weighted by Crippen LogP contribution is 2.39. The minimum absolute atomic E-state index is 0.0455. The Morgan fingerprint density at radius 1 is 1.16 bits per heavy atom. The molecule has 1 aromatic rings. The summed E-state index contributed by atoms with van der Waals surface area (Å²) in [5.41, 5.74) is 6.70. The van der Waals surface area contributed by atoms with Gasteiger partial charge in [0.15, 0.2) is 0 Å². The summed E-state index contributed by atoms with van der Waals surface area (Å²) in [6, 6.07) is 6.34. The summed E-state index contributed by atoms with van der Waals surface area (Å²) in [5.74, 6) is 0.0885. The molecule has 4 N–H and O–H groups in total. The van der Waals surface area contributed by atoms with Gasteiger partial charge in [-0.2, -0.15) is 0 Å². The molecule has 136 valence electrons. The molecule has 0 spiro atoms. The van der Waals surface area contributed by atoms with Crippen LogP contribution < -0.4 is 16.4 Å².